The van der Waals surface area contributed by atoms with E-state index in [9.17, 15) is 0 Å². The normalized spacial score (nSPS) is 21.5. The molecule has 1 saturated heterocycles. The Morgan fingerprint density at radius 3 is 1.15 bits per heavy atom. The van der Waals surface area contributed by atoms with E-state index in [0.29, 0.717) is 0 Å². The van der Waals surface area contributed by atoms with E-state index in [1.54, 1.807) is 30.5 Å². The summed E-state index contributed by atoms with van der Waals surface area (Å²) >= 11 is -2.86. The summed E-state index contributed by atoms with van der Waals surface area (Å²) in [5.41, 5.74) is 19.2. The Hall–Kier alpha value is -2.18. The van der Waals surface area contributed by atoms with Crippen LogP contribution < -0.4 is 24.8 Å². The topological polar surface area (TPSA) is 0 Å². The van der Waals surface area contributed by atoms with Gasteiger partial charge in [-0.1, -0.05) is 0 Å². The number of fused-ring (bicyclic) bond motifs is 2. The monoisotopic (exact) mass is 818 g/mol. The summed E-state index contributed by atoms with van der Waals surface area (Å²) in [6.07, 6.45) is 16.8. The average molecular weight is 821 g/mol. The van der Waals surface area contributed by atoms with Gasteiger partial charge in [-0.3, -0.25) is 0 Å². The van der Waals surface area contributed by atoms with E-state index in [1.807, 2.05) is 11.1 Å². The number of rotatable bonds is 6. The largest absolute Gasteiger partial charge is 1.00 e. The first-order valence-corrected chi connectivity index (χ1v) is 26.7. The number of benzene rings is 4. The Bertz CT molecular complexity index is 1870. The third-order valence-electron chi connectivity index (χ3n) is 13.9. The Balaban J connectivity index is 0.00000218. The van der Waals surface area contributed by atoms with Crippen LogP contribution in [0.5, 0.6) is 0 Å². The van der Waals surface area contributed by atoms with Gasteiger partial charge in [-0.15, -0.1) is 0 Å². The smallest absolute Gasteiger partial charge is 1.00 e. The van der Waals surface area contributed by atoms with Gasteiger partial charge in [0.2, 0.25) is 0 Å². The van der Waals surface area contributed by atoms with Gasteiger partial charge >= 0.3 is 315 Å². The van der Waals surface area contributed by atoms with Crippen LogP contribution in [0.15, 0.2) is 96.1 Å². The van der Waals surface area contributed by atoms with Crippen molar-refractivity contribution in [1.29, 1.82) is 0 Å². The minimum absolute atomic E-state index is 0. The molecule has 2 saturated carbocycles. The molecule has 276 valence electrons. The Labute approximate surface area is 337 Å². The Kier molecular flexibility index (Phi) is 10.9. The molecule has 2 unspecified atom stereocenters. The summed E-state index contributed by atoms with van der Waals surface area (Å²) in [5.74, 6) is 1.56. The van der Waals surface area contributed by atoms with E-state index >= 15 is 0 Å². The van der Waals surface area contributed by atoms with Gasteiger partial charge in [0, 0.05) is 0 Å². The van der Waals surface area contributed by atoms with Gasteiger partial charge in [0.1, 0.15) is 0 Å². The summed E-state index contributed by atoms with van der Waals surface area (Å²) in [7, 11) is 0. The van der Waals surface area contributed by atoms with Gasteiger partial charge < -0.3 is 24.8 Å². The molecule has 0 aromatic heterocycles. The second kappa shape index (κ2) is 14.7. The first-order chi connectivity index (χ1) is 24.5. The molecule has 9 rings (SSSR count). The van der Waals surface area contributed by atoms with Crippen LogP contribution in [0.4, 0.5) is 0 Å². The van der Waals surface area contributed by atoms with Gasteiger partial charge in [-0.05, 0) is 0 Å². The third-order valence-corrected chi connectivity index (χ3v) is 26.8. The van der Waals surface area contributed by atoms with Crippen LogP contribution in [0.1, 0.15) is 134 Å². The summed E-state index contributed by atoms with van der Waals surface area (Å²) in [4.78, 5) is 0. The average Bonchev–Trinajstić information content (AvgIpc) is 3.65. The molecule has 3 heteroatoms. The molecule has 2 atom stereocenters. The molecule has 4 aliphatic carbocycles. The second-order valence-corrected chi connectivity index (χ2v) is 30.5. The fourth-order valence-corrected chi connectivity index (χ4v) is 28.7. The van der Waals surface area contributed by atoms with Crippen molar-refractivity contribution >= 4 is 12.2 Å². The number of halogens is 2. The van der Waals surface area contributed by atoms with E-state index in [-0.39, 0.29) is 35.6 Å². The molecule has 0 spiro atoms. The maximum atomic E-state index is 2.78. The molecule has 0 bridgehead atoms. The molecule has 5 aliphatic rings. The first-order valence-electron chi connectivity index (χ1n) is 20.4. The molecule has 0 amide bonds. The molecular weight excluding hydrogens is 763 g/mol. The van der Waals surface area contributed by atoms with E-state index in [0.717, 1.165) is 19.1 Å². The van der Waals surface area contributed by atoms with Crippen molar-refractivity contribution in [2.45, 2.75) is 119 Å². The van der Waals surface area contributed by atoms with Crippen LogP contribution >= 0.6 is 0 Å². The number of hydrogen-bond acceptors (Lipinski definition) is 0. The van der Waals surface area contributed by atoms with E-state index < -0.39 is 20.3 Å². The van der Waals surface area contributed by atoms with Gasteiger partial charge in [0.25, 0.3) is 0 Å². The van der Waals surface area contributed by atoms with Gasteiger partial charge in [-0.25, -0.2) is 0 Å². The predicted molar refractivity (Wildman–Crippen MR) is 216 cm³/mol. The van der Waals surface area contributed by atoms with Crippen molar-refractivity contribution in [3.63, 3.8) is 0 Å². The molecule has 1 aliphatic heterocycles. The van der Waals surface area contributed by atoms with Crippen LogP contribution in [-0.2, 0) is 31.1 Å². The molecular formula is C50H58Cl2Zr. The summed E-state index contributed by atoms with van der Waals surface area (Å²) in [5, 5.41) is 0. The maximum Gasteiger partial charge on any atom is -1.00 e. The van der Waals surface area contributed by atoms with Crippen molar-refractivity contribution in [3.05, 3.63) is 129 Å². The molecule has 0 N–H and O–H groups in total. The van der Waals surface area contributed by atoms with Crippen LogP contribution in [0, 0.1) is 11.8 Å². The van der Waals surface area contributed by atoms with Crippen molar-refractivity contribution in [2.75, 3.05) is 0 Å². The third kappa shape index (κ3) is 6.87. The second-order valence-electron chi connectivity index (χ2n) is 19.1. The van der Waals surface area contributed by atoms with Crippen molar-refractivity contribution in [2.24, 2.45) is 11.8 Å². The first kappa shape index (κ1) is 39.1. The summed E-state index contributed by atoms with van der Waals surface area (Å²) in [6, 6.07) is 34.0. The van der Waals surface area contributed by atoms with E-state index in [1.165, 1.54) is 84.7 Å². The van der Waals surface area contributed by atoms with Crippen LogP contribution in [0.2, 0.25) is 8.26 Å². The number of allylic oxidation sites excluding steroid dienone is 2. The quantitative estimate of drug-likeness (QED) is 0.183. The summed E-state index contributed by atoms with van der Waals surface area (Å²) < 4.78 is 4.54. The fourth-order valence-electron chi connectivity index (χ4n) is 11.1. The minimum Gasteiger partial charge on any atom is -1.00 e. The molecule has 53 heavy (non-hydrogen) atoms. The summed E-state index contributed by atoms with van der Waals surface area (Å²) in [6.45, 7) is 14.0. The molecule has 0 nitrogen and oxygen atoms in total. The molecule has 0 radical (unpaired) electrons. The van der Waals surface area contributed by atoms with Crippen molar-refractivity contribution < 1.29 is 45.1 Å². The van der Waals surface area contributed by atoms with E-state index in [4.69, 9.17) is 0 Å². The van der Waals surface area contributed by atoms with E-state index in [2.05, 4.69) is 139 Å². The van der Waals surface area contributed by atoms with Crippen molar-refractivity contribution in [3.8, 4) is 22.3 Å². The zero-order valence-electron chi connectivity index (χ0n) is 32.9. The minimum atomic E-state index is -2.86. The van der Waals surface area contributed by atoms with Crippen LogP contribution in [0.25, 0.3) is 34.4 Å². The van der Waals surface area contributed by atoms with Crippen LogP contribution in [-0.4, -0.2) is 0 Å². The Morgan fingerprint density at radius 1 is 0.472 bits per heavy atom. The zero-order valence-corrected chi connectivity index (χ0v) is 36.8. The van der Waals surface area contributed by atoms with Gasteiger partial charge in [-0.2, -0.15) is 0 Å². The van der Waals surface area contributed by atoms with Gasteiger partial charge in [0.15, 0.2) is 0 Å². The number of hydrogen-bond donors (Lipinski definition) is 0. The zero-order chi connectivity index (χ0) is 35.1. The molecule has 4 aromatic carbocycles. The maximum absolute atomic E-state index is 2.86. The molecule has 1 heterocycles. The van der Waals surface area contributed by atoms with Crippen molar-refractivity contribution in [1.82, 2.24) is 0 Å². The van der Waals surface area contributed by atoms with Gasteiger partial charge in [0.05, 0.1) is 0 Å². The molecule has 3 fully saturated rings. The predicted octanol–water partition coefficient (Wildman–Crippen LogP) is 8.58. The fraction of sp³-hybridized carbons (Fsp3) is 0.440. The Morgan fingerprint density at radius 2 is 0.830 bits per heavy atom. The van der Waals surface area contributed by atoms with Crippen LogP contribution in [0.3, 0.4) is 0 Å². The SMILES string of the molecule is CC(C)(C)c1ccc(-c2cccc3c2C=C(C2CCCC2)[CH]3[Zr+2]2([CH]3C(C4CCCC4)=Cc4c(-c5ccc(C(C)(C)C)cc5)cccc43)[CH2][CH2]2)cc1.[Cl-].[Cl-]. The standard InChI is InChI=1S/2C24H27.C2H4.2ClH.Zr/c2*1-24(2,3)21-13-11-18(12-14-21)22-10-6-9-19-15-20(16-23(19)22)17-7-4-5-8-17;1-2;;;/h2*6,9-17H,4-5,7-8H2,1-3H3;1-2H2;2*1H;/q;;;;;+2/p-2. The molecule has 4 aromatic rings.